The Hall–Kier alpha value is -2.47. The quantitative estimate of drug-likeness (QED) is 0.717. The molecule has 1 aromatic heterocycles. The Labute approximate surface area is 167 Å². The van der Waals surface area contributed by atoms with E-state index < -0.39 is 0 Å². The van der Waals surface area contributed by atoms with Gasteiger partial charge in [0.1, 0.15) is 0 Å². The van der Waals surface area contributed by atoms with Gasteiger partial charge in [0.05, 0.1) is 11.2 Å². The van der Waals surface area contributed by atoms with E-state index in [1.807, 2.05) is 12.1 Å². The van der Waals surface area contributed by atoms with E-state index in [0.717, 1.165) is 60.3 Å². The summed E-state index contributed by atoms with van der Waals surface area (Å²) < 4.78 is 0. The fourth-order valence-corrected chi connectivity index (χ4v) is 3.90. The number of aromatic nitrogens is 1. The Morgan fingerprint density at radius 2 is 1.71 bits per heavy atom. The molecule has 4 rings (SSSR count). The van der Waals surface area contributed by atoms with Crippen molar-refractivity contribution in [1.82, 2.24) is 9.88 Å². The number of hydrogen-bond donors (Lipinski definition) is 2. The van der Waals surface area contributed by atoms with E-state index in [1.165, 1.54) is 5.69 Å². The van der Waals surface area contributed by atoms with Crippen LogP contribution in [0.5, 0.6) is 0 Å². The van der Waals surface area contributed by atoms with Gasteiger partial charge in [0.2, 0.25) is 0 Å². The van der Waals surface area contributed by atoms with E-state index in [2.05, 4.69) is 59.3 Å². The molecule has 1 fully saturated rings. The summed E-state index contributed by atoms with van der Waals surface area (Å²) >= 11 is 0. The van der Waals surface area contributed by atoms with Gasteiger partial charge < -0.3 is 21.3 Å². The van der Waals surface area contributed by atoms with Crippen molar-refractivity contribution >= 4 is 16.6 Å². The van der Waals surface area contributed by atoms with Crippen LogP contribution in [0.2, 0.25) is 0 Å². The number of piperazine rings is 1. The van der Waals surface area contributed by atoms with E-state index >= 15 is 0 Å². The molecule has 1 unspecified atom stereocenters. The minimum absolute atomic E-state index is 0.0822. The molecule has 0 bridgehead atoms. The molecule has 0 aliphatic carbocycles. The zero-order chi connectivity index (χ0) is 19.5. The van der Waals surface area contributed by atoms with Crippen molar-refractivity contribution in [2.45, 2.75) is 12.5 Å². The minimum Gasteiger partial charge on any atom is -0.369 e. The Balaban J connectivity index is 1.67. The van der Waals surface area contributed by atoms with Gasteiger partial charge in [0.15, 0.2) is 0 Å². The van der Waals surface area contributed by atoms with E-state index in [0.29, 0.717) is 6.54 Å². The van der Waals surface area contributed by atoms with Crippen molar-refractivity contribution in [3.63, 3.8) is 0 Å². The molecule has 3 aromatic rings. The van der Waals surface area contributed by atoms with Gasteiger partial charge in [-0.05, 0) is 49.8 Å². The Morgan fingerprint density at radius 3 is 2.43 bits per heavy atom. The largest absolute Gasteiger partial charge is 0.369 e. The Kier molecular flexibility index (Phi) is 5.57. The van der Waals surface area contributed by atoms with Gasteiger partial charge in [-0.2, -0.15) is 0 Å². The van der Waals surface area contributed by atoms with E-state index in [4.69, 9.17) is 16.5 Å². The predicted molar refractivity (Wildman–Crippen MR) is 117 cm³/mol. The van der Waals surface area contributed by atoms with Crippen molar-refractivity contribution in [2.24, 2.45) is 11.5 Å². The van der Waals surface area contributed by atoms with Crippen molar-refractivity contribution in [2.75, 3.05) is 44.7 Å². The summed E-state index contributed by atoms with van der Waals surface area (Å²) in [5, 5.41) is 1.11. The van der Waals surface area contributed by atoms with Crippen LogP contribution in [0.4, 0.5) is 5.69 Å². The summed E-state index contributed by atoms with van der Waals surface area (Å²) in [4.78, 5) is 9.71. The SMILES string of the molecule is CN1CCN(c2ccc(-c3cc(C(N)CCN)c4ccccc4n3)cc2)CC1. The number of pyridine rings is 1. The second kappa shape index (κ2) is 8.27. The first-order valence-corrected chi connectivity index (χ1v) is 10.0. The molecule has 5 nitrogen and oxygen atoms in total. The van der Waals surface area contributed by atoms with Crippen LogP contribution in [-0.2, 0) is 0 Å². The van der Waals surface area contributed by atoms with Gasteiger partial charge in [0, 0.05) is 48.9 Å². The zero-order valence-corrected chi connectivity index (χ0v) is 16.5. The molecule has 0 saturated carbocycles. The molecule has 2 heterocycles. The minimum atomic E-state index is -0.0822. The smallest absolute Gasteiger partial charge is 0.0713 e. The third kappa shape index (κ3) is 3.87. The van der Waals surface area contributed by atoms with Gasteiger partial charge in [-0.3, -0.25) is 0 Å². The molecule has 146 valence electrons. The van der Waals surface area contributed by atoms with Crippen LogP contribution in [0.15, 0.2) is 54.6 Å². The normalized spacial score (nSPS) is 16.5. The van der Waals surface area contributed by atoms with Crippen molar-refractivity contribution in [3.8, 4) is 11.3 Å². The van der Waals surface area contributed by atoms with Crippen LogP contribution in [0.3, 0.4) is 0 Å². The molecular weight excluding hydrogens is 346 g/mol. The van der Waals surface area contributed by atoms with Gasteiger partial charge >= 0.3 is 0 Å². The average Bonchev–Trinajstić information content (AvgIpc) is 2.74. The first-order valence-electron chi connectivity index (χ1n) is 10.0. The van der Waals surface area contributed by atoms with E-state index in [-0.39, 0.29) is 6.04 Å². The van der Waals surface area contributed by atoms with Crippen LogP contribution in [0.1, 0.15) is 18.0 Å². The summed E-state index contributed by atoms with van der Waals surface area (Å²) in [7, 11) is 2.18. The average molecular weight is 376 g/mol. The molecule has 4 N–H and O–H groups in total. The highest BCUT2D eigenvalue weighted by Gasteiger charge is 2.16. The monoisotopic (exact) mass is 375 g/mol. The highest BCUT2D eigenvalue weighted by Crippen LogP contribution is 2.30. The summed E-state index contributed by atoms with van der Waals surface area (Å²) in [5.74, 6) is 0. The molecule has 0 spiro atoms. The van der Waals surface area contributed by atoms with Gasteiger partial charge in [0.25, 0.3) is 0 Å². The van der Waals surface area contributed by atoms with Crippen molar-refractivity contribution < 1.29 is 0 Å². The highest BCUT2D eigenvalue weighted by molar-refractivity contribution is 5.85. The lowest BCUT2D eigenvalue weighted by Gasteiger charge is -2.34. The molecule has 1 aliphatic rings. The molecule has 1 aliphatic heterocycles. The number of anilines is 1. The number of hydrogen-bond acceptors (Lipinski definition) is 5. The van der Waals surface area contributed by atoms with Gasteiger partial charge in [-0.15, -0.1) is 0 Å². The lowest BCUT2D eigenvalue weighted by atomic mass is 9.97. The van der Waals surface area contributed by atoms with E-state index in [9.17, 15) is 0 Å². The fraction of sp³-hybridized carbons (Fsp3) is 0.348. The first-order chi connectivity index (χ1) is 13.7. The van der Waals surface area contributed by atoms with Crippen molar-refractivity contribution in [3.05, 3.63) is 60.2 Å². The summed E-state index contributed by atoms with van der Waals surface area (Å²) in [6.07, 6.45) is 0.760. The molecule has 28 heavy (non-hydrogen) atoms. The van der Waals surface area contributed by atoms with E-state index in [1.54, 1.807) is 0 Å². The predicted octanol–water partition coefficient (Wildman–Crippen LogP) is 3.00. The van der Waals surface area contributed by atoms with Gasteiger partial charge in [-0.25, -0.2) is 4.98 Å². The summed E-state index contributed by atoms with van der Waals surface area (Å²) in [6, 6.07) is 19.0. The van der Waals surface area contributed by atoms with Crippen LogP contribution < -0.4 is 16.4 Å². The standard InChI is InChI=1S/C23H29N5/c1-27-12-14-28(15-13-27)18-8-6-17(7-9-18)23-16-20(21(25)10-11-24)19-4-2-3-5-22(19)26-23/h2-9,16,21H,10-15,24-25H2,1H3. The molecular formula is C23H29N5. The van der Waals surface area contributed by atoms with Crippen LogP contribution in [-0.4, -0.2) is 49.7 Å². The Morgan fingerprint density at radius 1 is 1.00 bits per heavy atom. The summed E-state index contributed by atoms with van der Waals surface area (Å²) in [5.41, 5.74) is 17.6. The van der Waals surface area contributed by atoms with Crippen LogP contribution in [0.25, 0.3) is 22.2 Å². The maximum absolute atomic E-state index is 6.43. The molecule has 0 amide bonds. The molecule has 1 atom stereocenters. The number of nitrogens with two attached hydrogens (primary N) is 2. The summed E-state index contributed by atoms with van der Waals surface area (Å²) in [6.45, 7) is 4.93. The Bertz CT molecular complexity index is 929. The molecule has 2 aromatic carbocycles. The second-order valence-corrected chi connectivity index (χ2v) is 7.63. The number of benzene rings is 2. The molecule has 0 radical (unpaired) electrons. The topological polar surface area (TPSA) is 71.4 Å². The maximum Gasteiger partial charge on any atom is 0.0713 e. The lowest BCUT2D eigenvalue weighted by Crippen LogP contribution is -2.44. The molecule has 5 heteroatoms. The first kappa shape index (κ1) is 18.9. The highest BCUT2D eigenvalue weighted by atomic mass is 15.2. The van der Waals surface area contributed by atoms with Gasteiger partial charge in [-0.1, -0.05) is 30.3 Å². The third-order valence-electron chi connectivity index (χ3n) is 5.66. The lowest BCUT2D eigenvalue weighted by molar-refractivity contribution is 0.313. The zero-order valence-electron chi connectivity index (χ0n) is 16.5. The van der Waals surface area contributed by atoms with Crippen LogP contribution >= 0.6 is 0 Å². The maximum atomic E-state index is 6.43. The number of fused-ring (bicyclic) bond motifs is 1. The van der Waals surface area contributed by atoms with Crippen molar-refractivity contribution in [1.29, 1.82) is 0 Å². The number of para-hydroxylation sites is 1. The van der Waals surface area contributed by atoms with Crippen LogP contribution in [0, 0.1) is 0 Å². The third-order valence-corrected chi connectivity index (χ3v) is 5.66. The number of likely N-dealkylation sites (N-methyl/N-ethyl adjacent to an activating group) is 1. The fourth-order valence-electron chi connectivity index (χ4n) is 3.90. The second-order valence-electron chi connectivity index (χ2n) is 7.63. The number of rotatable bonds is 5. The molecule has 1 saturated heterocycles. The number of nitrogens with zero attached hydrogens (tertiary/aromatic N) is 3.